The van der Waals surface area contributed by atoms with Crippen molar-refractivity contribution in [1.29, 1.82) is 0 Å². The molecule has 66 heavy (non-hydrogen) atoms. The van der Waals surface area contributed by atoms with Crippen LogP contribution in [-0.4, -0.2) is 136 Å². The molecule has 0 spiro atoms. The topological polar surface area (TPSA) is 375 Å². The highest BCUT2D eigenvalue weighted by atomic mass is 32.2. The molecule has 1 saturated heterocycles. The molecule has 9 amide bonds. The fourth-order valence-electron chi connectivity index (χ4n) is 6.14. The zero-order valence-electron chi connectivity index (χ0n) is 38.3. The van der Waals surface area contributed by atoms with Crippen LogP contribution in [0.1, 0.15) is 99.8 Å². The molecule has 1 heterocycles. The normalized spacial score (nSPS) is 16.4. The Morgan fingerprint density at radius 2 is 1.32 bits per heavy atom. The number of amides is 9. The van der Waals surface area contributed by atoms with Gasteiger partial charge in [-0.25, -0.2) is 4.79 Å². The van der Waals surface area contributed by atoms with E-state index in [4.69, 9.17) is 32.8 Å². The van der Waals surface area contributed by atoms with Crippen LogP contribution in [0.25, 0.3) is 0 Å². The van der Waals surface area contributed by atoms with E-state index in [1.54, 1.807) is 27.7 Å². The first-order valence-corrected chi connectivity index (χ1v) is 22.3. The van der Waals surface area contributed by atoms with Crippen LogP contribution in [0, 0.1) is 23.2 Å². The fraction of sp³-hybridized carbons (Fsp3) is 0.725. The number of primary amides is 3. The van der Waals surface area contributed by atoms with E-state index in [-0.39, 0.29) is 61.6 Å². The van der Waals surface area contributed by atoms with E-state index < -0.39 is 120 Å². The van der Waals surface area contributed by atoms with Crippen LogP contribution < -0.4 is 49.5 Å². The van der Waals surface area contributed by atoms with Crippen LogP contribution in [0.5, 0.6) is 0 Å². The van der Waals surface area contributed by atoms with Crippen molar-refractivity contribution in [3.63, 3.8) is 0 Å². The molecule has 14 N–H and O–H groups in total. The lowest BCUT2D eigenvalue weighted by molar-refractivity contribution is -0.192. The average molecular weight is 969 g/mol. The molecule has 26 heteroatoms. The Bertz CT molecular complexity index is 1750. The van der Waals surface area contributed by atoms with Gasteiger partial charge in [-0.05, 0) is 37.5 Å². The molecule has 1 unspecified atom stereocenters. The van der Waals surface area contributed by atoms with Crippen molar-refractivity contribution in [3.8, 4) is 0 Å². The number of nitrogens with one attached hydrogen (secondary N) is 5. The molecule has 0 aromatic heterocycles. The van der Waals surface area contributed by atoms with Gasteiger partial charge in [-0.2, -0.15) is 13.2 Å². The van der Waals surface area contributed by atoms with Crippen molar-refractivity contribution in [1.82, 2.24) is 31.5 Å². The highest BCUT2D eigenvalue weighted by Gasteiger charge is 2.41. The van der Waals surface area contributed by atoms with Gasteiger partial charge >= 0.3 is 12.1 Å². The number of carboxylic acid groups (broad SMARTS) is 1. The summed E-state index contributed by atoms with van der Waals surface area (Å²) in [5.41, 5.74) is 21.3. The summed E-state index contributed by atoms with van der Waals surface area (Å²) in [5, 5.41) is 19.8. The van der Waals surface area contributed by atoms with Crippen LogP contribution in [0.2, 0.25) is 0 Å². The van der Waals surface area contributed by atoms with Gasteiger partial charge in [-0.1, -0.05) is 54.9 Å². The van der Waals surface area contributed by atoms with Gasteiger partial charge < -0.3 is 59.5 Å². The van der Waals surface area contributed by atoms with E-state index >= 15 is 0 Å². The standard InChI is InChI=1S/C38H66N10O10S.C2HF3O2/c1-8-21(4)31(42)35(56)45-23(11-12-28(39)50)33(54)46-24(16-29(40)51)34(55)47-25(18-59-19-44-37(58)38(5,6)7)36(57)48-13-9-10-26(48)27(49)15-22(14-20(2)3)32(53)43-17-30(41)52;3-2(4,5)1(6)7/h20-26,31H,8-19,42H2,1-7H3,(H2,39,50)(H2,40,51)(H2,41,52)(H,43,53)(H,44,58)(H,45,56)(H,46,54)(H,47,55);(H,6,7)/t21?,22-,23+,24+,25+,26-,31+;/m0./s1. The Hall–Kier alpha value is -5.53. The molecule has 0 aliphatic carbocycles. The van der Waals surface area contributed by atoms with E-state index in [2.05, 4.69) is 26.6 Å². The number of alkyl halides is 3. The second kappa shape index (κ2) is 28.5. The minimum Gasteiger partial charge on any atom is -0.475 e. The number of aliphatic carboxylic acids is 1. The smallest absolute Gasteiger partial charge is 0.475 e. The second-order valence-electron chi connectivity index (χ2n) is 17.2. The fourth-order valence-corrected chi connectivity index (χ4v) is 6.95. The highest BCUT2D eigenvalue weighted by molar-refractivity contribution is 7.99. The minimum atomic E-state index is -5.08. The van der Waals surface area contributed by atoms with Crippen LogP contribution in [-0.2, 0) is 52.7 Å². The number of thioether (sulfide) groups is 1. The van der Waals surface area contributed by atoms with Gasteiger partial charge in [0, 0.05) is 36.5 Å². The number of hydrogen-bond acceptors (Lipinski definition) is 13. The summed E-state index contributed by atoms with van der Waals surface area (Å²) in [5.74, 6) is -11.0. The summed E-state index contributed by atoms with van der Waals surface area (Å²) in [6.45, 7) is 12.2. The van der Waals surface area contributed by atoms with Crippen molar-refractivity contribution in [2.45, 2.75) is 136 Å². The van der Waals surface area contributed by atoms with Crippen molar-refractivity contribution in [3.05, 3.63) is 0 Å². The van der Waals surface area contributed by atoms with Crippen molar-refractivity contribution in [2.24, 2.45) is 46.1 Å². The van der Waals surface area contributed by atoms with Crippen molar-refractivity contribution in [2.75, 3.05) is 24.7 Å². The molecule has 1 aliphatic heterocycles. The Kier molecular flexibility index (Phi) is 26.1. The zero-order chi connectivity index (χ0) is 51.3. The maximum absolute atomic E-state index is 14.3. The summed E-state index contributed by atoms with van der Waals surface area (Å²) in [4.78, 5) is 139. The van der Waals surface area contributed by atoms with Gasteiger partial charge in [0.15, 0.2) is 5.78 Å². The molecule has 1 rings (SSSR count). The number of carbonyl (C=O) groups excluding carboxylic acids is 10. The van der Waals surface area contributed by atoms with Gasteiger partial charge in [-0.15, -0.1) is 11.8 Å². The van der Waals surface area contributed by atoms with Crippen molar-refractivity contribution >= 4 is 76.7 Å². The van der Waals surface area contributed by atoms with Gasteiger partial charge in [0.25, 0.3) is 0 Å². The van der Waals surface area contributed by atoms with Gasteiger partial charge in [0.05, 0.1) is 30.9 Å². The van der Waals surface area contributed by atoms with E-state index in [0.29, 0.717) is 19.3 Å². The van der Waals surface area contributed by atoms with E-state index in [1.165, 1.54) is 4.90 Å². The number of Topliss-reactive ketones (excluding diaryl/α,β-unsaturated/α-hetero) is 1. The van der Waals surface area contributed by atoms with Crippen molar-refractivity contribution < 1.29 is 71.0 Å². The van der Waals surface area contributed by atoms with Crippen LogP contribution in [0.3, 0.4) is 0 Å². The molecule has 0 aromatic rings. The third-order valence-corrected chi connectivity index (χ3v) is 10.9. The lowest BCUT2D eigenvalue weighted by atomic mass is 9.89. The minimum absolute atomic E-state index is 0.00899. The first-order chi connectivity index (χ1) is 30.3. The summed E-state index contributed by atoms with van der Waals surface area (Å²) in [6.07, 6.45) is -5.06. The number of ketones is 1. The number of halogens is 3. The molecule has 0 aromatic carbocycles. The molecular formula is C40H67F3N10O12S. The summed E-state index contributed by atoms with van der Waals surface area (Å²) < 4.78 is 31.7. The molecule has 1 aliphatic rings. The van der Waals surface area contributed by atoms with E-state index in [9.17, 15) is 61.1 Å². The van der Waals surface area contributed by atoms with Gasteiger partial charge in [0.2, 0.25) is 53.2 Å². The number of likely N-dealkylation sites (tertiary alicyclic amines) is 1. The van der Waals surface area contributed by atoms with E-state index in [1.807, 2.05) is 20.8 Å². The summed E-state index contributed by atoms with van der Waals surface area (Å²) >= 11 is 1.09. The lowest BCUT2D eigenvalue weighted by Crippen LogP contribution is -2.60. The Balaban J connectivity index is 0.00000554. The molecule has 0 saturated carbocycles. The first kappa shape index (κ1) is 60.5. The lowest BCUT2D eigenvalue weighted by Gasteiger charge is -2.30. The number of nitrogens with zero attached hydrogens (tertiary/aromatic N) is 1. The molecular weight excluding hydrogens is 902 g/mol. The highest BCUT2D eigenvalue weighted by Crippen LogP contribution is 2.25. The Morgan fingerprint density at radius 3 is 1.80 bits per heavy atom. The maximum atomic E-state index is 14.3. The monoisotopic (exact) mass is 968 g/mol. The number of rotatable bonds is 26. The zero-order valence-corrected chi connectivity index (χ0v) is 39.2. The third-order valence-electron chi connectivity index (χ3n) is 9.99. The Morgan fingerprint density at radius 1 is 0.773 bits per heavy atom. The number of nitrogens with two attached hydrogens (primary N) is 4. The van der Waals surface area contributed by atoms with Gasteiger partial charge in [-0.3, -0.25) is 47.9 Å². The number of carbonyl (C=O) groups is 11. The predicted molar refractivity (Wildman–Crippen MR) is 234 cm³/mol. The number of carboxylic acids is 1. The van der Waals surface area contributed by atoms with Crippen LogP contribution >= 0.6 is 11.8 Å². The summed E-state index contributed by atoms with van der Waals surface area (Å²) in [7, 11) is 0. The predicted octanol–water partition coefficient (Wildman–Crippen LogP) is -1.34. The first-order valence-electron chi connectivity index (χ1n) is 21.1. The van der Waals surface area contributed by atoms with Crippen LogP contribution in [0.4, 0.5) is 13.2 Å². The largest absolute Gasteiger partial charge is 0.490 e. The average Bonchev–Trinajstić information content (AvgIpc) is 3.70. The molecule has 0 radical (unpaired) electrons. The summed E-state index contributed by atoms with van der Waals surface area (Å²) in [6, 6.07) is -6.38. The quantitative estimate of drug-likeness (QED) is 0.0354. The maximum Gasteiger partial charge on any atom is 0.490 e. The Labute approximate surface area is 385 Å². The van der Waals surface area contributed by atoms with Gasteiger partial charge in [0.1, 0.15) is 18.1 Å². The third kappa shape index (κ3) is 23.1. The molecule has 0 bridgehead atoms. The number of hydrogen-bond donors (Lipinski definition) is 10. The molecule has 376 valence electrons. The van der Waals surface area contributed by atoms with E-state index in [0.717, 1.165) is 11.8 Å². The molecule has 1 fully saturated rings. The molecule has 7 atom stereocenters. The van der Waals surface area contributed by atoms with Crippen LogP contribution in [0.15, 0.2) is 0 Å². The SMILES string of the molecule is CCC(C)[C@@H](N)C(=O)N[C@H](CCC(N)=O)C(=O)N[C@H](CC(N)=O)C(=O)N[C@H](CSCNC(=O)C(C)(C)C)C(=O)N1CCC[C@H]1C(=O)C[C@H](CC(C)C)C(=O)NCC(N)=O.O=C(O)C(F)(F)F. The molecule has 22 nitrogen and oxygen atoms in total. The second-order valence-corrected chi connectivity index (χ2v) is 18.2.